The van der Waals surface area contributed by atoms with Crippen molar-refractivity contribution in [3.8, 4) is 11.3 Å². The van der Waals surface area contributed by atoms with Gasteiger partial charge in [-0.15, -0.1) is 0 Å². The number of hydrogen-bond acceptors (Lipinski definition) is 2. The normalized spacial score (nSPS) is 11.2. The standard InChI is InChI=1S/C17H19N3/c1-10-7-15(18)17-19-16(13(4)20(17)9-10)14-6-5-11(2)12(3)8-14/h5-9H,18H2,1-4H3. The fraction of sp³-hybridized carbons (Fsp3) is 0.235. The zero-order valence-corrected chi connectivity index (χ0v) is 12.4. The summed E-state index contributed by atoms with van der Waals surface area (Å²) in [6.07, 6.45) is 2.08. The Kier molecular flexibility index (Phi) is 2.78. The van der Waals surface area contributed by atoms with E-state index in [4.69, 9.17) is 10.7 Å². The lowest BCUT2D eigenvalue weighted by Gasteiger charge is -2.04. The molecule has 3 nitrogen and oxygen atoms in total. The number of anilines is 1. The third-order valence-electron chi connectivity index (χ3n) is 3.90. The number of benzene rings is 1. The molecule has 0 spiro atoms. The Morgan fingerprint density at radius 2 is 1.75 bits per heavy atom. The van der Waals surface area contributed by atoms with E-state index in [1.165, 1.54) is 11.1 Å². The summed E-state index contributed by atoms with van der Waals surface area (Å²) < 4.78 is 2.08. The fourth-order valence-corrected chi connectivity index (χ4v) is 2.59. The van der Waals surface area contributed by atoms with Crippen molar-refractivity contribution >= 4 is 11.3 Å². The number of hydrogen-bond donors (Lipinski definition) is 1. The average Bonchev–Trinajstić information content (AvgIpc) is 2.71. The number of nitrogen functional groups attached to an aromatic ring is 1. The van der Waals surface area contributed by atoms with E-state index in [-0.39, 0.29) is 0 Å². The Morgan fingerprint density at radius 3 is 2.45 bits per heavy atom. The topological polar surface area (TPSA) is 43.3 Å². The van der Waals surface area contributed by atoms with Crippen molar-refractivity contribution in [1.82, 2.24) is 9.38 Å². The third-order valence-corrected chi connectivity index (χ3v) is 3.90. The highest BCUT2D eigenvalue weighted by Gasteiger charge is 2.13. The van der Waals surface area contributed by atoms with Crippen LogP contribution in [-0.4, -0.2) is 9.38 Å². The summed E-state index contributed by atoms with van der Waals surface area (Å²) in [6, 6.07) is 8.42. The van der Waals surface area contributed by atoms with Crippen molar-refractivity contribution < 1.29 is 0 Å². The van der Waals surface area contributed by atoms with Crippen LogP contribution in [0.3, 0.4) is 0 Å². The largest absolute Gasteiger partial charge is 0.396 e. The van der Waals surface area contributed by atoms with Gasteiger partial charge < -0.3 is 10.1 Å². The Hall–Kier alpha value is -2.29. The quantitative estimate of drug-likeness (QED) is 0.727. The molecule has 2 N–H and O–H groups in total. The third kappa shape index (κ3) is 1.86. The number of fused-ring (bicyclic) bond motifs is 1. The van der Waals surface area contributed by atoms with Crippen LogP contribution < -0.4 is 5.73 Å². The van der Waals surface area contributed by atoms with Gasteiger partial charge in [0.1, 0.15) is 0 Å². The number of aromatic nitrogens is 2. The molecule has 0 radical (unpaired) electrons. The number of nitrogens with zero attached hydrogens (tertiary/aromatic N) is 2. The summed E-state index contributed by atoms with van der Waals surface area (Å²) in [4.78, 5) is 4.73. The highest BCUT2D eigenvalue weighted by atomic mass is 15.0. The first-order chi connectivity index (χ1) is 9.47. The smallest absolute Gasteiger partial charge is 0.160 e. The zero-order chi connectivity index (χ0) is 14.4. The molecule has 20 heavy (non-hydrogen) atoms. The lowest BCUT2D eigenvalue weighted by Crippen LogP contribution is -1.95. The van der Waals surface area contributed by atoms with Crippen LogP contribution in [0.1, 0.15) is 22.4 Å². The van der Waals surface area contributed by atoms with Crippen LogP contribution >= 0.6 is 0 Å². The number of nitrogens with two attached hydrogens (primary N) is 1. The lowest BCUT2D eigenvalue weighted by molar-refractivity contribution is 1.09. The summed E-state index contributed by atoms with van der Waals surface area (Å²) in [5, 5.41) is 0. The number of rotatable bonds is 1. The molecule has 0 saturated heterocycles. The molecular weight excluding hydrogens is 246 g/mol. The predicted octanol–water partition coefficient (Wildman–Crippen LogP) is 3.82. The van der Waals surface area contributed by atoms with Gasteiger partial charge in [0.2, 0.25) is 0 Å². The Balaban J connectivity index is 2.29. The second-order valence-electron chi connectivity index (χ2n) is 5.51. The second kappa shape index (κ2) is 4.37. The van der Waals surface area contributed by atoms with Gasteiger partial charge in [-0.3, -0.25) is 0 Å². The molecule has 0 aliphatic rings. The minimum Gasteiger partial charge on any atom is -0.396 e. The van der Waals surface area contributed by atoms with Crippen molar-refractivity contribution in [3.05, 3.63) is 52.8 Å². The molecule has 0 fully saturated rings. The number of pyridine rings is 1. The van der Waals surface area contributed by atoms with Crippen LogP contribution in [0.25, 0.3) is 16.9 Å². The van der Waals surface area contributed by atoms with Gasteiger partial charge in [-0.1, -0.05) is 12.1 Å². The second-order valence-corrected chi connectivity index (χ2v) is 5.51. The zero-order valence-electron chi connectivity index (χ0n) is 12.4. The van der Waals surface area contributed by atoms with Gasteiger partial charge in [0, 0.05) is 17.5 Å². The maximum Gasteiger partial charge on any atom is 0.160 e. The van der Waals surface area contributed by atoms with Gasteiger partial charge in [-0.2, -0.15) is 0 Å². The predicted molar refractivity (Wildman–Crippen MR) is 84.0 cm³/mol. The molecule has 3 heteroatoms. The monoisotopic (exact) mass is 265 g/mol. The van der Waals surface area contributed by atoms with Crippen LogP contribution in [0.15, 0.2) is 30.5 Å². The van der Waals surface area contributed by atoms with E-state index in [1.54, 1.807) is 0 Å². The molecule has 2 aromatic heterocycles. The van der Waals surface area contributed by atoms with Crippen molar-refractivity contribution in [1.29, 1.82) is 0 Å². The first-order valence-electron chi connectivity index (χ1n) is 6.80. The molecular formula is C17H19N3. The van der Waals surface area contributed by atoms with E-state index < -0.39 is 0 Å². The summed E-state index contributed by atoms with van der Waals surface area (Å²) in [5.41, 5.74) is 14.6. The molecule has 3 aromatic rings. The molecule has 2 heterocycles. The molecule has 1 aromatic carbocycles. The highest BCUT2D eigenvalue weighted by Crippen LogP contribution is 2.28. The van der Waals surface area contributed by atoms with Crippen LogP contribution in [0, 0.1) is 27.7 Å². The van der Waals surface area contributed by atoms with Crippen LogP contribution in [0.5, 0.6) is 0 Å². The van der Waals surface area contributed by atoms with E-state index in [1.807, 2.05) is 13.0 Å². The Bertz CT molecular complexity index is 813. The van der Waals surface area contributed by atoms with Crippen molar-refractivity contribution in [3.63, 3.8) is 0 Å². The first kappa shape index (κ1) is 12.7. The van der Waals surface area contributed by atoms with Crippen molar-refractivity contribution in [2.24, 2.45) is 0 Å². The number of imidazole rings is 1. The minimum absolute atomic E-state index is 0.725. The minimum atomic E-state index is 0.725. The SMILES string of the molecule is Cc1cc(N)c2nc(-c3ccc(C)c(C)c3)c(C)n2c1. The molecule has 0 unspecified atom stereocenters. The van der Waals surface area contributed by atoms with Gasteiger partial charge in [0.25, 0.3) is 0 Å². The van der Waals surface area contributed by atoms with Crippen molar-refractivity contribution in [2.75, 3.05) is 5.73 Å². The number of aryl methyl sites for hydroxylation is 4. The first-order valence-corrected chi connectivity index (χ1v) is 6.80. The molecule has 0 aliphatic heterocycles. The van der Waals surface area contributed by atoms with E-state index in [2.05, 4.69) is 49.6 Å². The van der Waals surface area contributed by atoms with Gasteiger partial charge in [-0.25, -0.2) is 4.98 Å². The maximum absolute atomic E-state index is 6.09. The molecule has 3 rings (SSSR count). The van der Waals surface area contributed by atoms with E-state index in [0.717, 1.165) is 33.8 Å². The molecule has 102 valence electrons. The molecule has 0 bridgehead atoms. The van der Waals surface area contributed by atoms with Gasteiger partial charge in [-0.05, 0) is 56.5 Å². The summed E-state index contributed by atoms with van der Waals surface area (Å²) >= 11 is 0. The Labute approximate surface area is 119 Å². The van der Waals surface area contributed by atoms with Crippen LogP contribution in [-0.2, 0) is 0 Å². The maximum atomic E-state index is 6.09. The van der Waals surface area contributed by atoms with Gasteiger partial charge in [0.05, 0.1) is 11.4 Å². The molecule has 0 atom stereocenters. The van der Waals surface area contributed by atoms with Crippen LogP contribution in [0.4, 0.5) is 5.69 Å². The molecule has 0 aliphatic carbocycles. The molecule has 0 amide bonds. The van der Waals surface area contributed by atoms with Gasteiger partial charge in [0.15, 0.2) is 5.65 Å². The highest BCUT2D eigenvalue weighted by molar-refractivity contribution is 5.74. The summed E-state index contributed by atoms with van der Waals surface area (Å²) in [7, 11) is 0. The van der Waals surface area contributed by atoms with Crippen molar-refractivity contribution in [2.45, 2.75) is 27.7 Å². The summed E-state index contributed by atoms with van der Waals surface area (Å²) in [6.45, 7) is 8.38. The fourth-order valence-electron chi connectivity index (χ4n) is 2.59. The average molecular weight is 265 g/mol. The van der Waals surface area contributed by atoms with Gasteiger partial charge >= 0.3 is 0 Å². The van der Waals surface area contributed by atoms with E-state index in [9.17, 15) is 0 Å². The van der Waals surface area contributed by atoms with E-state index >= 15 is 0 Å². The Morgan fingerprint density at radius 1 is 1.00 bits per heavy atom. The lowest BCUT2D eigenvalue weighted by atomic mass is 10.0. The summed E-state index contributed by atoms with van der Waals surface area (Å²) in [5.74, 6) is 0. The molecule has 0 saturated carbocycles. The van der Waals surface area contributed by atoms with E-state index in [0.29, 0.717) is 0 Å². The van der Waals surface area contributed by atoms with Crippen LogP contribution in [0.2, 0.25) is 0 Å².